The highest BCUT2D eigenvalue weighted by molar-refractivity contribution is 5.64. The van der Waals surface area contributed by atoms with Crippen LogP contribution in [0.4, 0.5) is 0 Å². The summed E-state index contributed by atoms with van der Waals surface area (Å²) < 4.78 is 7.51. The van der Waals surface area contributed by atoms with Crippen LogP contribution in [0.1, 0.15) is 17.3 Å². The Morgan fingerprint density at radius 2 is 1.81 bits per heavy atom. The fourth-order valence-electron chi connectivity index (χ4n) is 4.33. The molecule has 3 aromatic heterocycles. The Hall–Kier alpha value is -3.22. The van der Waals surface area contributed by atoms with Gasteiger partial charge in [0.2, 0.25) is 0 Å². The maximum atomic E-state index is 5.31. The maximum Gasteiger partial charge on any atom is 0.137 e. The van der Waals surface area contributed by atoms with Crippen LogP contribution in [0, 0.1) is 0 Å². The van der Waals surface area contributed by atoms with Crippen LogP contribution in [0.2, 0.25) is 0 Å². The average Bonchev–Trinajstić information content (AvgIpc) is 3.25. The van der Waals surface area contributed by atoms with E-state index in [-0.39, 0.29) is 6.04 Å². The Morgan fingerprint density at radius 3 is 2.58 bits per heavy atom. The number of imidazole rings is 1. The van der Waals surface area contributed by atoms with Crippen molar-refractivity contribution >= 4 is 5.65 Å². The third-order valence-electron chi connectivity index (χ3n) is 6.13. The van der Waals surface area contributed by atoms with Gasteiger partial charge in [-0.25, -0.2) is 4.98 Å². The lowest BCUT2D eigenvalue weighted by Gasteiger charge is -2.38. The number of pyridine rings is 2. The lowest BCUT2D eigenvalue weighted by Crippen LogP contribution is -2.46. The number of benzene rings is 1. The lowest BCUT2D eigenvalue weighted by molar-refractivity contribution is 0.0885. The molecule has 4 aromatic rings. The van der Waals surface area contributed by atoms with Crippen LogP contribution in [0.5, 0.6) is 5.75 Å². The van der Waals surface area contributed by atoms with E-state index in [9.17, 15) is 0 Å². The van der Waals surface area contributed by atoms with Crippen LogP contribution < -0.4 is 4.74 Å². The summed E-state index contributed by atoms with van der Waals surface area (Å²) in [4.78, 5) is 14.1. The van der Waals surface area contributed by atoms with E-state index in [2.05, 4.69) is 74.9 Å². The van der Waals surface area contributed by atoms with Crippen LogP contribution in [0.3, 0.4) is 0 Å². The highest BCUT2D eigenvalue weighted by Gasteiger charge is 2.28. The molecule has 0 radical (unpaired) electrons. The Kier molecular flexibility index (Phi) is 5.40. The van der Waals surface area contributed by atoms with Crippen LogP contribution >= 0.6 is 0 Å². The molecule has 31 heavy (non-hydrogen) atoms. The van der Waals surface area contributed by atoms with Crippen molar-refractivity contribution in [3.63, 3.8) is 0 Å². The zero-order valence-corrected chi connectivity index (χ0v) is 18.0. The molecule has 0 saturated carbocycles. The number of piperazine rings is 1. The van der Waals surface area contributed by atoms with Gasteiger partial charge in [-0.2, -0.15) is 0 Å². The predicted molar refractivity (Wildman–Crippen MR) is 122 cm³/mol. The van der Waals surface area contributed by atoms with Gasteiger partial charge in [0.05, 0.1) is 24.5 Å². The molecule has 0 amide bonds. The van der Waals surface area contributed by atoms with Crippen LogP contribution in [0.15, 0.2) is 73.2 Å². The molecule has 1 aromatic carbocycles. The Labute approximate surface area is 182 Å². The minimum absolute atomic E-state index is 0.263. The number of likely N-dealkylation sites (N-methyl/N-ethyl adjacent to an activating group) is 1. The molecule has 158 valence electrons. The average molecular weight is 414 g/mol. The van der Waals surface area contributed by atoms with Gasteiger partial charge in [-0.15, -0.1) is 0 Å². The molecule has 6 nitrogen and oxygen atoms in total. The molecule has 6 heteroatoms. The topological polar surface area (TPSA) is 45.9 Å². The van der Waals surface area contributed by atoms with Gasteiger partial charge in [0, 0.05) is 44.8 Å². The smallest absolute Gasteiger partial charge is 0.137 e. The van der Waals surface area contributed by atoms with E-state index >= 15 is 0 Å². The predicted octanol–water partition coefficient (Wildman–Crippen LogP) is 3.89. The second-order valence-electron chi connectivity index (χ2n) is 8.12. The van der Waals surface area contributed by atoms with Crippen molar-refractivity contribution in [1.82, 2.24) is 24.2 Å². The summed E-state index contributed by atoms with van der Waals surface area (Å²) >= 11 is 0. The Bertz CT molecular complexity index is 1160. The molecule has 1 saturated heterocycles. The highest BCUT2D eigenvalue weighted by atomic mass is 16.5. The lowest BCUT2D eigenvalue weighted by atomic mass is 10.1. The summed E-state index contributed by atoms with van der Waals surface area (Å²) in [5.41, 5.74) is 5.67. The van der Waals surface area contributed by atoms with E-state index in [0.29, 0.717) is 0 Å². The minimum atomic E-state index is 0.263. The first-order valence-corrected chi connectivity index (χ1v) is 10.7. The molecule has 5 rings (SSSR count). The summed E-state index contributed by atoms with van der Waals surface area (Å²) in [5, 5.41) is 0. The highest BCUT2D eigenvalue weighted by Crippen LogP contribution is 2.28. The molecule has 1 aliphatic heterocycles. The van der Waals surface area contributed by atoms with Gasteiger partial charge >= 0.3 is 0 Å². The number of ether oxygens (including phenoxy) is 1. The standard InChI is InChI=1S/C25H27N5O/c1-28-14-15-29(16-19-10-12-26-13-11-19)18-24(28)22-17-30-23(4-3-5-25(30)27-22)20-6-8-21(31-2)9-7-20/h3-13,17,24H,14-16,18H2,1-2H3/t24-/m0/s1. The zero-order valence-electron chi connectivity index (χ0n) is 18.0. The number of hydrogen-bond donors (Lipinski definition) is 0. The molecule has 0 unspecified atom stereocenters. The largest absolute Gasteiger partial charge is 0.497 e. The van der Waals surface area contributed by atoms with Crippen LogP contribution in [-0.2, 0) is 6.54 Å². The van der Waals surface area contributed by atoms with Crippen LogP contribution in [0.25, 0.3) is 16.9 Å². The van der Waals surface area contributed by atoms with Gasteiger partial charge in [-0.3, -0.25) is 19.2 Å². The van der Waals surface area contributed by atoms with Crippen molar-refractivity contribution in [3.8, 4) is 17.0 Å². The van der Waals surface area contributed by atoms with E-state index in [4.69, 9.17) is 9.72 Å². The normalized spacial score (nSPS) is 17.8. The van der Waals surface area contributed by atoms with Crippen molar-refractivity contribution in [2.24, 2.45) is 0 Å². The summed E-state index contributed by atoms with van der Waals surface area (Å²) in [5.74, 6) is 0.861. The van der Waals surface area contributed by atoms with E-state index in [1.54, 1.807) is 7.11 Å². The molecule has 0 N–H and O–H groups in total. The van der Waals surface area contributed by atoms with Crippen molar-refractivity contribution in [2.45, 2.75) is 12.6 Å². The third-order valence-corrected chi connectivity index (χ3v) is 6.13. The Morgan fingerprint density at radius 1 is 1.00 bits per heavy atom. The minimum Gasteiger partial charge on any atom is -0.497 e. The number of methoxy groups -OCH3 is 1. The van der Waals surface area contributed by atoms with Gasteiger partial charge in [0.1, 0.15) is 11.4 Å². The van der Waals surface area contributed by atoms with E-state index in [1.165, 1.54) is 5.56 Å². The van der Waals surface area contributed by atoms with E-state index in [0.717, 1.165) is 54.5 Å². The molecule has 0 bridgehead atoms. The van der Waals surface area contributed by atoms with Crippen molar-refractivity contribution in [1.29, 1.82) is 0 Å². The van der Waals surface area contributed by atoms with Gasteiger partial charge in [-0.05, 0) is 66.7 Å². The second kappa shape index (κ2) is 8.49. The van der Waals surface area contributed by atoms with E-state index < -0.39 is 0 Å². The fourth-order valence-corrected chi connectivity index (χ4v) is 4.33. The molecule has 4 heterocycles. The summed E-state index contributed by atoms with van der Waals surface area (Å²) in [6.07, 6.45) is 5.93. The van der Waals surface area contributed by atoms with Gasteiger partial charge in [-0.1, -0.05) is 6.07 Å². The number of nitrogens with zero attached hydrogens (tertiary/aromatic N) is 5. The van der Waals surface area contributed by atoms with Crippen molar-refractivity contribution < 1.29 is 4.74 Å². The van der Waals surface area contributed by atoms with Crippen molar-refractivity contribution in [3.05, 3.63) is 84.4 Å². The molecule has 1 atom stereocenters. The Balaban J connectivity index is 1.43. The number of aromatic nitrogens is 3. The molecular weight excluding hydrogens is 386 g/mol. The first-order valence-electron chi connectivity index (χ1n) is 10.7. The monoisotopic (exact) mass is 413 g/mol. The SMILES string of the molecule is COc1ccc(-c2cccc3nc([C@@H]4CN(Cc5ccncc5)CCN4C)cn23)cc1. The van der Waals surface area contributed by atoms with Gasteiger partial charge in [0.25, 0.3) is 0 Å². The summed E-state index contributed by atoms with van der Waals surface area (Å²) in [6.45, 7) is 3.98. The summed E-state index contributed by atoms with van der Waals surface area (Å²) in [6, 6.07) is 18.9. The number of hydrogen-bond acceptors (Lipinski definition) is 5. The molecule has 1 aliphatic rings. The van der Waals surface area contributed by atoms with E-state index in [1.807, 2.05) is 24.5 Å². The number of fused-ring (bicyclic) bond motifs is 1. The third kappa shape index (κ3) is 4.04. The fraction of sp³-hybridized carbons (Fsp3) is 0.280. The van der Waals surface area contributed by atoms with Crippen molar-refractivity contribution in [2.75, 3.05) is 33.8 Å². The first-order chi connectivity index (χ1) is 15.2. The van der Waals surface area contributed by atoms with Gasteiger partial charge in [0.15, 0.2) is 0 Å². The summed E-state index contributed by atoms with van der Waals surface area (Å²) in [7, 11) is 3.89. The first kappa shape index (κ1) is 19.7. The number of rotatable bonds is 5. The van der Waals surface area contributed by atoms with Gasteiger partial charge < -0.3 is 4.74 Å². The second-order valence-corrected chi connectivity index (χ2v) is 8.12. The zero-order chi connectivity index (χ0) is 21.2. The van der Waals surface area contributed by atoms with Crippen LogP contribution in [-0.4, -0.2) is 58.0 Å². The molecule has 1 fully saturated rings. The molecular formula is C25H27N5O. The molecule has 0 aliphatic carbocycles. The molecule has 0 spiro atoms. The quantitative estimate of drug-likeness (QED) is 0.497. The maximum absolute atomic E-state index is 5.31.